The van der Waals surface area contributed by atoms with E-state index in [0.717, 1.165) is 45.1 Å². The van der Waals surface area contributed by atoms with Crippen molar-refractivity contribution in [2.75, 3.05) is 32.7 Å². The summed E-state index contributed by atoms with van der Waals surface area (Å²) in [6, 6.07) is 21.2. The van der Waals surface area contributed by atoms with Crippen LogP contribution < -0.4 is 10.6 Å². The lowest BCUT2D eigenvalue weighted by atomic mass is 9.64. The minimum atomic E-state index is 0.182. The van der Waals surface area contributed by atoms with Crippen molar-refractivity contribution in [3.63, 3.8) is 0 Å². The first-order chi connectivity index (χ1) is 15.7. The van der Waals surface area contributed by atoms with E-state index in [4.69, 9.17) is 4.99 Å². The number of nitrogens with one attached hydrogen (secondary N) is 2. The van der Waals surface area contributed by atoms with Crippen molar-refractivity contribution in [1.82, 2.24) is 15.5 Å². The van der Waals surface area contributed by atoms with Crippen molar-refractivity contribution in [3.8, 4) is 0 Å². The molecule has 1 amide bonds. The lowest BCUT2D eigenvalue weighted by Crippen LogP contribution is -2.43. The number of aliphatic imine (C=N–C) groups is 1. The van der Waals surface area contributed by atoms with E-state index < -0.39 is 0 Å². The van der Waals surface area contributed by atoms with Crippen molar-refractivity contribution in [3.05, 3.63) is 71.8 Å². The van der Waals surface area contributed by atoms with E-state index in [0.29, 0.717) is 12.3 Å². The molecule has 0 radical (unpaired) electrons. The lowest BCUT2D eigenvalue weighted by Gasteiger charge is -2.41. The van der Waals surface area contributed by atoms with Crippen molar-refractivity contribution in [2.45, 2.75) is 44.4 Å². The maximum atomic E-state index is 12.5. The molecule has 1 unspecified atom stereocenters. The molecule has 0 aromatic heterocycles. The SMILES string of the molecule is CCNC(=NCC1(c2ccccc2)CCC1)NCC1CC(=O)N(CCc2ccccc2)C1. The average molecular weight is 433 g/mol. The maximum absolute atomic E-state index is 12.5. The number of carbonyl (C=O) groups is 1. The van der Waals surface area contributed by atoms with E-state index in [1.807, 2.05) is 11.0 Å². The fourth-order valence-corrected chi connectivity index (χ4v) is 4.86. The van der Waals surface area contributed by atoms with Crippen LogP contribution in [0.15, 0.2) is 65.7 Å². The van der Waals surface area contributed by atoms with Crippen LogP contribution in [0.3, 0.4) is 0 Å². The van der Waals surface area contributed by atoms with Crippen molar-refractivity contribution >= 4 is 11.9 Å². The van der Waals surface area contributed by atoms with Crippen molar-refractivity contribution < 1.29 is 4.79 Å². The van der Waals surface area contributed by atoms with Gasteiger partial charge in [0.2, 0.25) is 5.91 Å². The highest BCUT2D eigenvalue weighted by Crippen LogP contribution is 2.43. The summed E-state index contributed by atoms with van der Waals surface area (Å²) in [7, 11) is 0. The summed E-state index contributed by atoms with van der Waals surface area (Å²) in [5.41, 5.74) is 2.87. The highest BCUT2D eigenvalue weighted by molar-refractivity contribution is 5.81. The summed E-state index contributed by atoms with van der Waals surface area (Å²) >= 11 is 0. The van der Waals surface area contributed by atoms with Crippen LogP contribution in [0.5, 0.6) is 0 Å². The Bertz CT molecular complexity index is 892. The zero-order valence-corrected chi connectivity index (χ0v) is 19.2. The molecule has 1 aliphatic heterocycles. The van der Waals surface area contributed by atoms with E-state index in [1.54, 1.807) is 0 Å². The van der Waals surface area contributed by atoms with Gasteiger partial charge in [0.25, 0.3) is 0 Å². The van der Waals surface area contributed by atoms with Gasteiger partial charge in [0.1, 0.15) is 0 Å². The lowest BCUT2D eigenvalue weighted by molar-refractivity contribution is -0.127. The molecule has 2 N–H and O–H groups in total. The minimum absolute atomic E-state index is 0.182. The number of hydrogen-bond acceptors (Lipinski definition) is 2. The Morgan fingerprint density at radius 3 is 2.44 bits per heavy atom. The largest absolute Gasteiger partial charge is 0.357 e. The first kappa shape index (κ1) is 22.4. The van der Waals surface area contributed by atoms with Gasteiger partial charge in [-0.25, -0.2) is 0 Å². The molecule has 170 valence electrons. The predicted octanol–water partition coefficient (Wildman–Crippen LogP) is 3.75. The van der Waals surface area contributed by atoms with Crippen LogP contribution in [0, 0.1) is 5.92 Å². The molecule has 4 rings (SSSR count). The summed E-state index contributed by atoms with van der Waals surface area (Å²) in [6.45, 7) is 6.13. The van der Waals surface area contributed by atoms with E-state index >= 15 is 0 Å². The molecule has 0 bridgehead atoms. The summed E-state index contributed by atoms with van der Waals surface area (Å²) in [5, 5.41) is 6.90. The molecular formula is C27H36N4O. The zero-order valence-electron chi connectivity index (χ0n) is 19.2. The van der Waals surface area contributed by atoms with Gasteiger partial charge in [-0.1, -0.05) is 67.1 Å². The molecule has 32 heavy (non-hydrogen) atoms. The van der Waals surface area contributed by atoms with Gasteiger partial charge in [0, 0.05) is 43.9 Å². The molecule has 1 aliphatic carbocycles. The summed E-state index contributed by atoms with van der Waals surface area (Å²) < 4.78 is 0. The average Bonchev–Trinajstić information content (AvgIpc) is 3.16. The standard InChI is InChI=1S/C27H36N4O/c1-2-28-26(30-21-27(15-9-16-27)24-12-7-4-8-13-24)29-19-23-18-25(32)31(20-23)17-14-22-10-5-3-6-11-22/h3-8,10-13,23H,2,9,14-21H2,1H3,(H2,28,29,30). The van der Waals surface area contributed by atoms with Gasteiger partial charge in [-0.05, 0) is 37.3 Å². The Morgan fingerprint density at radius 1 is 1.06 bits per heavy atom. The van der Waals surface area contributed by atoms with Gasteiger partial charge in [-0.15, -0.1) is 0 Å². The molecule has 5 nitrogen and oxygen atoms in total. The quantitative estimate of drug-likeness (QED) is 0.469. The summed E-state index contributed by atoms with van der Waals surface area (Å²) in [4.78, 5) is 19.5. The molecule has 1 atom stereocenters. The molecule has 2 fully saturated rings. The van der Waals surface area contributed by atoms with Crippen LogP contribution in [0.2, 0.25) is 0 Å². The van der Waals surface area contributed by atoms with Gasteiger partial charge in [-0.3, -0.25) is 9.79 Å². The molecule has 1 heterocycles. The number of carbonyl (C=O) groups excluding carboxylic acids is 1. The first-order valence-corrected chi connectivity index (χ1v) is 12.1. The van der Waals surface area contributed by atoms with Crippen LogP contribution >= 0.6 is 0 Å². The third-order valence-corrected chi connectivity index (χ3v) is 6.95. The molecule has 5 heteroatoms. The summed E-state index contributed by atoms with van der Waals surface area (Å²) in [6.07, 6.45) is 5.21. The zero-order chi connectivity index (χ0) is 22.2. The second kappa shape index (κ2) is 10.7. The van der Waals surface area contributed by atoms with E-state index in [2.05, 4.69) is 72.2 Å². The normalized spacial score (nSPS) is 20.2. The van der Waals surface area contributed by atoms with Gasteiger partial charge >= 0.3 is 0 Å². The predicted molar refractivity (Wildman–Crippen MR) is 131 cm³/mol. The topological polar surface area (TPSA) is 56.7 Å². The van der Waals surface area contributed by atoms with Crippen molar-refractivity contribution in [1.29, 1.82) is 0 Å². The second-order valence-corrected chi connectivity index (χ2v) is 9.22. The van der Waals surface area contributed by atoms with Crippen LogP contribution in [-0.2, 0) is 16.6 Å². The number of guanidine groups is 1. The van der Waals surface area contributed by atoms with Gasteiger partial charge in [0.15, 0.2) is 5.96 Å². The monoisotopic (exact) mass is 432 g/mol. The van der Waals surface area contributed by atoms with Crippen LogP contribution in [0.1, 0.15) is 43.7 Å². The molecule has 0 spiro atoms. The summed E-state index contributed by atoms with van der Waals surface area (Å²) in [5.74, 6) is 1.46. The smallest absolute Gasteiger partial charge is 0.223 e. The Labute approximate surface area is 192 Å². The number of hydrogen-bond donors (Lipinski definition) is 2. The Balaban J connectivity index is 1.29. The van der Waals surface area contributed by atoms with E-state index in [-0.39, 0.29) is 11.3 Å². The van der Waals surface area contributed by atoms with Crippen LogP contribution in [0.4, 0.5) is 0 Å². The number of amides is 1. The molecular weight excluding hydrogens is 396 g/mol. The van der Waals surface area contributed by atoms with Gasteiger partial charge in [0.05, 0.1) is 6.54 Å². The molecule has 2 aliphatic rings. The molecule has 1 saturated heterocycles. The fourth-order valence-electron chi connectivity index (χ4n) is 4.86. The molecule has 1 saturated carbocycles. The Hall–Kier alpha value is -2.82. The van der Waals surface area contributed by atoms with Crippen molar-refractivity contribution in [2.24, 2.45) is 10.9 Å². The maximum Gasteiger partial charge on any atom is 0.223 e. The van der Waals surface area contributed by atoms with E-state index in [1.165, 1.54) is 30.4 Å². The molecule has 2 aromatic carbocycles. The number of rotatable bonds is 9. The highest BCUT2D eigenvalue weighted by atomic mass is 16.2. The number of likely N-dealkylation sites (tertiary alicyclic amines) is 1. The Morgan fingerprint density at radius 2 is 1.78 bits per heavy atom. The highest BCUT2D eigenvalue weighted by Gasteiger charge is 2.38. The van der Waals surface area contributed by atoms with E-state index in [9.17, 15) is 4.79 Å². The second-order valence-electron chi connectivity index (χ2n) is 9.22. The third kappa shape index (κ3) is 5.50. The number of nitrogens with zero attached hydrogens (tertiary/aromatic N) is 2. The van der Waals surface area contributed by atoms with Crippen LogP contribution in [0.25, 0.3) is 0 Å². The third-order valence-electron chi connectivity index (χ3n) is 6.95. The fraction of sp³-hybridized carbons (Fsp3) is 0.481. The van der Waals surface area contributed by atoms with Gasteiger partial charge in [-0.2, -0.15) is 0 Å². The molecule has 2 aromatic rings. The minimum Gasteiger partial charge on any atom is -0.357 e. The Kier molecular flexibility index (Phi) is 7.46. The van der Waals surface area contributed by atoms with Gasteiger partial charge < -0.3 is 15.5 Å². The van der Waals surface area contributed by atoms with Crippen LogP contribution in [-0.4, -0.2) is 49.5 Å². The number of benzene rings is 2. The first-order valence-electron chi connectivity index (χ1n) is 12.1.